The van der Waals surface area contributed by atoms with Crippen LogP contribution >= 0.6 is 11.6 Å². The summed E-state index contributed by atoms with van der Waals surface area (Å²) in [6.07, 6.45) is -12.7. The van der Waals surface area contributed by atoms with E-state index < -0.39 is 61.4 Å². The second kappa shape index (κ2) is 11.6. The Kier molecular flexibility index (Phi) is 8.90. The zero-order valence-corrected chi connectivity index (χ0v) is 20.1. The van der Waals surface area contributed by atoms with Gasteiger partial charge in [0.05, 0.1) is 24.8 Å². The van der Waals surface area contributed by atoms with E-state index in [1.54, 1.807) is 0 Å². The minimum atomic E-state index is -5.03. The third kappa shape index (κ3) is 7.36. The molecule has 0 fully saturated rings. The molecule has 0 aliphatic rings. The van der Waals surface area contributed by atoms with Crippen molar-refractivity contribution in [2.75, 3.05) is 6.61 Å². The summed E-state index contributed by atoms with van der Waals surface area (Å²) in [4.78, 5) is 25.4. The molecule has 0 aliphatic heterocycles. The van der Waals surface area contributed by atoms with Crippen molar-refractivity contribution in [2.24, 2.45) is 0 Å². The predicted molar refractivity (Wildman–Crippen MR) is 123 cm³/mol. The molecule has 206 valence electrons. The predicted octanol–water partition coefficient (Wildman–Crippen LogP) is 3.03. The first-order valence-corrected chi connectivity index (χ1v) is 11.3. The van der Waals surface area contributed by atoms with E-state index in [2.05, 4.69) is 10.4 Å². The van der Waals surface area contributed by atoms with Crippen LogP contribution in [0.4, 0.5) is 26.3 Å². The number of aromatic nitrogens is 3. The highest BCUT2D eigenvalue weighted by Crippen LogP contribution is 2.30. The summed E-state index contributed by atoms with van der Waals surface area (Å²) in [5.41, 5.74) is -1.69. The molecule has 3 aromatic rings. The smallest absolute Gasteiger partial charge is 0.394 e. The SMILES string of the molecule is O=C(Cn1nc(-c2ccc(Cl)cc2)n(CC(O)C(F)(F)F)c1=O)N[C@H](CO)Cc1cccc(C(F)(F)F)c1. The van der Waals surface area contributed by atoms with E-state index in [4.69, 9.17) is 11.6 Å². The number of benzene rings is 2. The minimum Gasteiger partial charge on any atom is -0.394 e. The maximum Gasteiger partial charge on any atom is 0.416 e. The van der Waals surface area contributed by atoms with Gasteiger partial charge in [0, 0.05) is 10.6 Å². The van der Waals surface area contributed by atoms with Crippen LogP contribution in [0, 0.1) is 0 Å². The molecule has 0 spiro atoms. The van der Waals surface area contributed by atoms with Crippen LogP contribution in [0.1, 0.15) is 11.1 Å². The second-order valence-electron chi connectivity index (χ2n) is 8.29. The molecule has 0 bridgehead atoms. The minimum absolute atomic E-state index is 0.173. The van der Waals surface area contributed by atoms with E-state index in [0.29, 0.717) is 14.3 Å². The fourth-order valence-electron chi connectivity index (χ4n) is 3.53. The second-order valence-corrected chi connectivity index (χ2v) is 8.72. The summed E-state index contributed by atoms with van der Waals surface area (Å²) < 4.78 is 78.9. The Morgan fingerprint density at radius 3 is 2.32 bits per heavy atom. The Morgan fingerprint density at radius 2 is 1.74 bits per heavy atom. The summed E-state index contributed by atoms with van der Waals surface area (Å²) in [6, 6.07) is 8.80. The van der Waals surface area contributed by atoms with Crippen LogP contribution in [-0.2, 0) is 30.5 Å². The van der Waals surface area contributed by atoms with Crippen LogP contribution in [0.15, 0.2) is 53.3 Å². The summed E-state index contributed by atoms with van der Waals surface area (Å²) in [5.74, 6) is -1.16. The third-order valence-electron chi connectivity index (χ3n) is 5.37. The Morgan fingerprint density at radius 1 is 1.08 bits per heavy atom. The van der Waals surface area contributed by atoms with Gasteiger partial charge in [-0.05, 0) is 42.3 Å². The first-order chi connectivity index (χ1) is 17.7. The summed E-state index contributed by atoms with van der Waals surface area (Å²) in [6.45, 7) is -2.64. The lowest BCUT2D eigenvalue weighted by atomic mass is 10.0. The largest absolute Gasteiger partial charge is 0.416 e. The molecule has 0 radical (unpaired) electrons. The maximum absolute atomic E-state index is 13.0. The fourth-order valence-corrected chi connectivity index (χ4v) is 3.65. The van der Waals surface area contributed by atoms with Crippen molar-refractivity contribution < 1.29 is 41.4 Å². The number of halogens is 7. The summed E-state index contributed by atoms with van der Waals surface area (Å²) >= 11 is 5.83. The molecule has 8 nitrogen and oxygen atoms in total. The third-order valence-corrected chi connectivity index (χ3v) is 5.63. The van der Waals surface area contributed by atoms with Crippen molar-refractivity contribution in [3.63, 3.8) is 0 Å². The van der Waals surface area contributed by atoms with Gasteiger partial charge in [0.1, 0.15) is 6.54 Å². The number of hydrogen-bond acceptors (Lipinski definition) is 5. The van der Waals surface area contributed by atoms with Crippen molar-refractivity contribution >= 4 is 17.5 Å². The number of aliphatic hydroxyl groups is 2. The molecular weight excluding hydrogens is 546 g/mol. The molecular formula is C23H21ClF6N4O4. The van der Waals surface area contributed by atoms with E-state index in [1.807, 2.05) is 0 Å². The number of amides is 1. The monoisotopic (exact) mass is 566 g/mol. The molecule has 38 heavy (non-hydrogen) atoms. The Bertz CT molecular complexity index is 1320. The molecule has 2 atom stereocenters. The lowest BCUT2D eigenvalue weighted by Gasteiger charge is -2.17. The number of carbonyl (C=O) groups excluding carboxylic acids is 1. The van der Waals surface area contributed by atoms with Gasteiger partial charge in [-0.25, -0.2) is 9.48 Å². The lowest BCUT2D eigenvalue weighted by Crippen LogP contribution is -2.43. The molecule has 2 aromatic carbocycles. The van der Waals surface area contributed by atoms with Crippen molar-refractivity contribution in [1.82, 2.24) is 19.7 Å². The number of carbonyl (C=O) groups is 1. The first kappa shape index (κ1) is 29.2. The van der Waals surface area contributed by atoms with E-state index in [0.717, 1.165) is 12.1 Å². The van der Waals surface area contributed by atoms with E-state index in [9.17, 15) is 46.1 Å². The van der Waals surface area contributed by atoms with Gasteiger partial charge in [-0.3, -0.25) is 9.36 Å². The molecule has 0 saturated heterocycles. The van der Waals surface area contributed by atoms with Gasteiger partial charge in [0.15, 0.2) is 11.9 Å². The molecule has 3 N–H and O–H groups in total. The van der Waals surface area contributed by atoms with Crippen molar-refractivity contribution in [1.29, 1.82) is 0 Å². The van der Waals surface area contributed by atoms with Crippen LogP contribution < -0.4 is 11.0 Å². The van der Waals surface area contributed by atoms with Gasteiger partial charge in [-0.2, -0.15) is 26.3 Å². The number of alkyl halides is 6. The van der Waals surface area contributed by atoms with Gasteiger partial charge >= 0.3 is 18.0 Å². The van der Waals surface area contributed by atoms with Gasteiger partial charge in [-0.1, -0.05) is 29.8 Å². The zero-order valence-electron chi connectivity index (χ0n) is 19.3. The van der Waals surface area contributed by atoms with Crippen LogP contribution in [0.25, 0.3) is 11.4 Å². The number of nitrogens with one attached hydrogen (secondary N) is 1. The van der Waals surface area contributed by atoms with Gasteiger partial charge in [0.25, 0.3) is 0 Å². The van der Waals surface area contributed by atoms with Crippen LogP contribution in [0.5, 0.6) is 0 Å². The molecule has 3 rings (SSSR count). The van der Waals surface area contributed by atoms with Crippen LogP contribution in [0.3, 0.4) is 0 Å². The highest BCUT2D eigenvalue weighted by Gasteiger charge is 2.39. The average Bonchev–Trinajstić information content (AvgIpc) is 3.13. The van der Waals surface area contributed by atoms with E-state index in [1.165, 1.54) is 36.4 Å². The van der Waals surface area contributed by atoms with E-state index in [-0.39, 0.29) is 23.4 Å². The lowest BCUT2D eigenvalue weighted by molar-refractivity contribution is -0.207. The van der Waals surface area contributed by atoms with Crippen molar-refractivity contribution in [3.05, 3.63) is 75.2 Å². The van der Waals surface area contributed by atoms with E-state index >= 15 is 0 Å². The number of rotatable bonds is 9. The maximum atomic E-state index is 13.0. The quantitative estimate of drug-likeness (QED) is 0.345. The highest BCUT2D eigenvalue weighted by molar-refractivity contribution is 6.30. The topological polar surface area (TPSA) is 109 Å². The molecule has 1 amide bonds. The highest BCUT2D eigenvalue weighted by atomic mass is 35.5. The Balaban J connectivity index is 1.82. The van der Waals surface area contributed by atoms with Gasteiger partial charge in [-0.15, -0.1) is 5.10 Å². The molecule has 1 aromatic heterocycles. The number of hydrogen-bond donors (Lipinski definition) is 3. The normalized spacial score (nSPS) is 13.8. The van der Waals surface area contributed by atoms with Crippen LogP contribution in [-0.4, -0.2) is 55.4 Å². The van der Waals surface area contributed by atoms with Gasteiger partial charge < -0.3 is 15.5 Å². The Labute approximate surface area is 216 Å². The zero-order chi connectivity index (χ0) is 28.3. The van der Waals surface area contributed by atoms with Crippen molar-refractivity contribution in [2.45, 2.75) is 44.0 Å². The number of nitrogens with zero attached hydrogens (tertiary/aromatic N) is 3. The standard InChI is InChI=1S/C23H21ClF6N4O4/c24-16-6-4-14(5-7-16)20-32-34(21(38)33(20)10-18(36)23(28,29)30)11-19(37)31-17(12-35)9-13-2-1-3-15(8-13)22(25,26)27/h1-8,17-18,35-36H,9-12H2,(H,31,37)/t17-,18?/m0/s1. The average molecular weight is 567 g/mol. The number of aliphatic hydroxyl groups excluding tert-OH is 2. The molecule has 0 saturated carbocycles. The first-order valence-electron chi connectivity index (χ1n) is 10.9. The molecule has 1 unspecified atom stereocenters. The Hall–Kier alpha value is -3.36. The van der Waals surface area contributed by atoms with Crippen LogP contribution in [0.2, 0.25) is 5.02 Å². The summed E-state index contributed by atoms with van der Waals surface area (Å²) in [5, 5.41) is 25.7. The molecule has 1 heterocycles. The van der Waals surface area contributed by atoms with Crippen molar-refractivity contribution in [3.8, 4) is 11.4 Å². The van der Waals surface area contributed by atoms with Gasteiger partial charge in [0.2, 0.25) is 5.91 Å². The molecule has 15 heteroatoms. The summed E-state index contributed by atoms with van der Waals surface area (Å²) in [7, 11) is 0. The fraction of sp³-hybridized carbons (Fsp3) is 0.348. The molecule has 0 aliphatic carbocycles.